The lowest BCUT2D eigenvalue weighted by Crippen LogP contribution is -2.24. The summed E-state index contributed by atoms with van der Waals surface area (Å²) in [6, 6.07) is 4.63. The van der Waals surface area contributed by atoms with Crippen LogP contribution in [0.4, 0.5) is 0 Å². The molecule has 21 heavy (non-hydrogen) atoms. The fourth-order valence-electron chi connectivity index (χ4n) is 2.41. The van der Waals surface area contributed by atoms with Gasteiger partial charge in [0.15, 0.2) is 11.5 Å². The molecule has 1 aliphatic rings. The first-order valence-corrected chi connectivity index (χ1v) is 7.22. The van der Waals surface area contributed by atoms with E-state index in [1.54, 1.807) is 6.07 Å². The summed E-state index contributed by atoms with van der Waals surface area (Å²) in [6.07, 6.45) is 2.04. The Balaban J connectivity index is 2.03. The predicted octanol–water partition coefficient (Wildman–Crippen LogP) is 3.12. The van der Waals surface area contributed by atoms with Crippen LogP contribution in [0.5, 0.6) is 11.5 Å². The molecule has 116 valence electrons. The maximum Gasteiger partial charge on any atom is 0.335 e. The molecule has 0 spiro atoms. The van der Waals surface area contributed by atoms with Crippen LogP contribution in [0, 0.1) is 0 Å². The molecule has 5 nitrogen and oxygen atoms in total. The number of carboxylic acid groups (broad SMARTS) is 1. The molecule has 1 unspecified atom stereocenters. The first-order chi connectivity index (χ1) is 9.91. The normalized spacial score (nSPS) is 20.2. The van der Waals surface area contributed by atoms with Gasteiger partial charge >= 0.3 is 5.97 Å². The fourth-order valence-corrected chi connectivity index (χ4v) is 2.41. The van der Waals surface area contributed by atoms with Gasteiger partial charge in [0.2, 0.25) is 0 Å². The second kappa shape index (κ2) is 6.35. The fraction of sp³-hybridized carbons (Fsp3) is 0.562. The number of carbonyl (C=O) groups is 1. The molecule has 0 amide bonds. The summed E-state index contributed by atoms with van der Waals surface area (Å²) in [4.78, 5) is 11.0. The van der Waals surface area contributed by atoms with Gasteiger partial charge in [0, 0.05) is 0 Å². The van der Waals surface area contributed by atoms with Gasteiger partial charge in [0.25, 0.3) is 0 Å². The molecule has 1 saturated heterocycles. The van der Waals surface area contributed by atoms with E-state index >= 15 is 0 Å². The average molecular weight is 294 g/mol. The van der Waals surface area contributed by atoms with Crippen molar-refractivity contribution in [2.75, 3.05) is 13.2 Å². The highest BCUT2D eigenvalue weighted by atomic mass is 16.6. The second-order valence-electron chi connectivity index (χ2n) is 5.75. The Bertz CT molecular complexity index is 509. The molecule has 1 fully saturated rings. The monoisotopic (exact) mass is 294 g/mol. The van der Waals surface area contributed by atoms with E-state index in [9.17, 15) is 4.79 Å². The lowest BCUT2D eigenvalue weighted by molar-refractivity contribution is -0.0329. The molecule has 0 aromatic heterocycles. The molecular formula is C16H22O5. The van der Waals surface area contributed by atoms with Crippen LogP contribution in [0.2, 0.25) is 0 Å². The second-order valence-corrected chi connectivity index (χ2v) is 5.75. The van der Waals surface area contributed by atoms with E-state index in [0.29, 0.717) is 24.7 Å². The van der Waals surface area contributed by atoms with Crippen molar-refractivity contribution >= 4 is 5.97 Å². The van der Waals surface area contributed by atoms with Crippen LogP contribution in [-0.4, -0.2) is 36.0 Å². The van der Waals surface area contributed by atoms with Crippen LogP contribution in [-0.2, 0) is 4.74 Å². The first-order valence-electron chi connectivity index (χ1n) is 7.22. The van der Waals surface area contributed by atoms with E-state index in [-0.39, 0.29) is 17.3 Å². The van der Waals surface area contributed by atoms with Crippen molar-refractivity contribution in [2.45, 2.75) is 45.3 Å². The Morgan fingerprint density at radius 1 is 1.38 bits per heavy atom. The third-order valence-electron chi connectivity index (χ3n) is 3.47. The van der Waals surface area contributed by atoms with Crippen LogP contribution in [0.1, 0.15) is 44.0 Å². The molecule has 0 aliphatic carbocycles. The Kier molecular flexibility index (Phi) is 4.73. The van der Waals surface area contributed by atoms with Crippen LogP contribution < -0.4 is 9.47 Å². The zero-order valence-corrected chi connectivity index (χ0v) is 12.7. The van der Waals surface area contributed by atoms with Crippen LogP contribution >= 0.6 is 0 Å². The van der Waals surface area contributed by atoms with Gasteiger partial charge in [0.1, 0.15) is 6.61 Å². The molecule has 2 rings (SSSR count). The van der Waals surface area contributed by atoms with Crippen LogP contribution in [0.3, 0.4) is 0 Å². The maximum atomic E-state index is 11.0. The van der Waals surface area contributed by atoms with Crippen molar-refractivity contribution in [3.8, 4) is 11.5 Å². The zero-order chi connectivity index (χ0) is 15.5. The van der Waals surface area contributed by atoms with Crippen molar-refractivity contribution in [1.82, 2.24) is 0 Å². The van der Waals surface area contributed by atoms with Gasteiger partial charge in [-0.15, -0.1) is 0 Å². The average Bonchev–Trinajstić information content (AvgIpc) is 2.77. The summed E-state index contributed by atoms with van der Waals surface area (Å²) < 4.78 is 17.1. The van der Waals surface area contributed by atoms with Crippen molar-refractivity contribution in [1.29, 1.82) is 0 Å². The van der Waals surface area contributed by atoms with Crippen molar-refractivity contribution in [3.63, 3.8) is 0 Å². The number of hydrogen-bond donors (Lipinski definition) is 1. The number of rotatable bonds is 6. The zero-order valence-electron chi connectivity index (χ0n) is 12.7. The van der Waals surface area contributed by atoms with E-state index in [4.69, 9.17) is 19.3 Å². The Hall–Kier alpha value is -1.75. The minimum atomic E-state index is -0.983. The Labute approximate surface area is 124 Å². The van der Waals surface area contributed by atoms with Gasteiger partial charge in [0.05, 0.1) is 23.9 Å². The molecular weight excluding hydrogens is 272 g/mol. The summed E-state index contributed by atoms with van der Waals surface area (Å²) in [5.74, 6) is 0.0215. The van der Waals surface area contributed by atoms with Gasteiger partial charge in [-0.3, -0.25) is 0 Å². The van der Waals surface area contributed by atoms with E-state index in [0.717, 1.165) is 12.8 Å². The highest BCUT2D eigenvalue weighted by Gasteiger charge is 2.32. The molecule has 1 aromatic carbocycles. The molecule has 1 aromatic rings. The van der Waals surface area contributed by atoms with Gasteiger partial charge < -0.3 is 19.3 Å². The van der Waals surface area contributed by atoms with E-state index in [1.165, 1.54) is 12.1 Å². The largest absolute Gasteiger partial charge is 0.490 e. The highest BCUT2D eigenvalue weighted by molar-refractivity contribution is 5.88. The number of hydrogen-bond acceptors (Lipinski definition) is 4. The SMILES string of the molecule is CCOc1cc(C(=O)O)ccc1OCC1CCC(C)(C)O1. The van der Waals surface area contributed by atoms with E-state index in [1.807, 2.05) is 6.92 Å². The van der Waals surface area contributed by atoms with E-state index < -0.39 is 5.97 Å². The van der Waals surface area contributed by atoms with E-state index in [2.05, 4.69) is 13.8 Å². The van der Waals surface area contributed by atoms with Gasteiger partial charge in [-0.2, -0.15) is 0 Å². The molecule has 1 atom stereocenters. The minimum Gasteiger partial charge on any atom is -0.490 e. The third-order valence-corrected chi connectivity index (χ3v) is 3.47. The number of carboxylic acids is 1. The lowest BCUT2D eigenvalue weighted by atomic mass is 10.1. The molecule has 5 heteroatoms. The maximum absolute atomic E-state index is 11.0. The quantitative estimate of drug-likeness (QED) is 0.873. The first kappa shape index (κ1) is 15.6. The minimum absolute atomic E-state index is 0.0635. The number of aromatic carboxylic acids is 1. The summed E-state index contributed by atoms with van der Waals surface area (Å²) in [5, 5.41) is 9.01. The summed E-state index contributed by atoms with van der Waals surface area (Å²) >= 11 is 0. The molecule has 0 saturated carbocycles. The molecule has 1 aliphatic heterocycles. The third kappa shape index (κ3) is 4.11. The smallest absolute Gasteiger partial charge is 0.335 e. The number of benzene rings is 1. The molecule has 1 heterocycles. The van der Waals surface area contributed by atoms with Gasteiger partial charge in [-0.25, -0.2) is 4.79 Å². The summed E-state index contributed by atoms with van der Waals surface area (Å²) in [7, 11) is 0. The molecule has 0 radical (unpaired) electrons. The van der Waals surface area contributed by atoms with Crippen molar-refractivity contribution < 1.29 is 24.1 Å². The number of ether oxygens (including phenoxy) is 3. The standard InChI is InChI=1S/C16H22O5/c1-4-19-14-9-11(15(17)18)5-6-13(14)20-10-12-7-8-16(2,3)21-12/h5-6,9,12H,4,7-8,10H2,1-3H3,(H,17,18). The Morgan fingerprint density at radius 2 is 2.14 bits per heavy atom. The predicted molar refractivity (Wildman–Crippen MR) is 78.3 cm³/mol. The molecule has 0 bridgehead atoms. The Morgan fingerprint density at radius 3 is 2.71 bits per heavy atom. The summed E-state index contributed by atoms with van der Waals surface area (Å²) in [5.41, 5.74) is 0.0910. The highest BCUT2D eigenvalue weighted by Crippen LogP contribution is 2.32. The van der Waals surface area contributed by atoms with Crippen molar-refractivity contribution in [2.24, 2.45) is 0 Å². The topological polar surface area (TPSA) is 65.0 Å². The summed E-state index contributed by atoms with van der Waals surface area (Å²) in [6.45, 7) is 6.88. The van der Waals surface area contributed by atoms with Crippen LogP contribution in [0.25, 0.3) is 0 Å². The van der Waals surface area contributed by atoms with Crippen molar-refractivity contribution in [3.05, 3.63) is 23.8 Å². The lowest BCUT2D eigenvalue weighted by Gasteiger charge is -2.20. The van der Waals surface area contributed by atoms with Gasteiger partial charge in [-0.05, 0) is 51.8 Å². The van der Waals surface area contributed by atoms with Crippen LogP contribution in [0.15, 0.2) is 18.2 Å². The molecule has 1 N–H and O–H groups in total. The van der Waals surface area contributed by atoms with Gasteiger partial charge in [-0.1, -0.05) is 0 Å².